The van der Waals surface area contributed by atoms with Crippen LogP contribution in [0.4, 0.5) is 0 Å². The van der Waals surface area contributed by atoms with E-state index in [4.69, 9.17) is 9.47 Å². The van der Waals surface area contributed by atoms with Crippen LogP contribution in [0.2, 0.25) is 0 Å². The standard InChI is InChI=1S/C18H29NO2/c1-4-20-18-11-16(12-18)19-13-15-5-7-17(8-6-15)21-10-9-14(2)3/h5-8,14,16,18-19H,4,9-13H2,1-3H3. The molecule has 0 spiro atoms. The van der Waals surface area contributed by atoms with Crippen LogP contribution in [-0.2, 0) is 11.3 Å². The van der Waals surface area contributed by atoms with Crippen molar-refractivity contribution >= 4 is 0 Å². The highest BCUT2D eigenvalue weighted by Gasteiger charge is 2.28. The summed E-state index contributed by atoms with van der Waals surface area (Å²) in [5, 5.41) is 3.58. The lowest BCUT2D eigenvalue weighted by atomic mass is 9.89. The average molecular weight is 291 g/mol. The minimum atomic E-state index is 0.476. The number of nitrogens with one attached hydrogen (secondary N) is 1. The molecule has 1 N–H and O–H groups in total. The van der Waals surface area contributed by atoms with E-state index in [1.807, 2.05) is 0 Å². The molecule has 1 aromatic rings. The molecule has 1 aliphatic carbocycles. The van der Waals surface area contributed by atoms with Gasteiger partial charge in [0.2, 0.25) is 0 Å². The predicted molar refractivity (Wildman–Crippen MR) is 86.7 cm³/mol. The molecule has 2 rings (SSSR count). The van der Waals surface area contributed by atoms with Crippen LogP contribution in [-0.4, -0.2) is 25.4 Å². The van der Waals surface area contributed by atoms with Crippen molar-refractivity contribution in [1.82, 2.24) is 5.32 Å². The maximum absolute atomic E-state index is 5.73. The average Bonchev–Trinajstić information content (AvgIpc) is 2.42. The Labute approximate surface area is 129 Å². The Morgan fingerprint density at radius 2 is 1.90 bits per heavy atom. The zero-order valence-electron chi connectivity index (χ0n) is 13.6. The Balaban J connectivity index is 1.64. The van der Waals surface area contributed by atoms with Crippen LogP contribution in [0.3, 0.4) is 0 Å². The molecule has 0 amide bonds. The Morgan fingerprint density at radius 3 is 2.52 bits per heavy atom. The van der Waals surface area contributed by atoms with Gasteiger partial charge in [0.05, 0.1) is 12.7 Å². The quantitative estimate of drug-likeness (QED) is 0.751. The molecule has 0 aromatic heterocycles. The van der Waals surface area contributed by atoms with Gasteiger partial charge in [0.25, 0.3) is 0 Å². The fourth-order valence-corrected chi connectivity index (χ4v) is 2.48. The van der Waals surface area contributed by atoms with Gasteiger partial charge < -0.3 is 14.8 Å². The van der Waals surface area contributed by atoms with Crippen molar-refractivity contribution in [3.8, 4) is 5.75 Å². The molecule has 0 radical (unpaired) electrons. The van der Waals surface area contributed by atoms with Crippen LogP contribution in [0.15, 0.2) is 24.3 Å². The molecule has 0 atom stereocenters. The van der Waals surface area contributed by atoms with E-state index in [2.05, 4.69) is 50.4 Å². The number of benzene rings is 1. The first-order valence-corrected chi connectivity index (χ1v) is 8.24. The molecule has 1 saturated carbocycles. The fourth-order valence-electron chi connectivity index (χ4n) is 2.48. The van der Waals surface area contributed by atoms with Crippen molar-refractivity contribution in [2.24, 2.45) is 5.92 Å². The van der Waals surface area contributed by atoms with Gasteiger partial charge in [-0.25, -0.2) is 0 Å². The van der Waals surface area contributed by atoms with Gasteiger partial charge in [0.15, 0.2) is 0 Å². The molecule has 0 saturated heterocycles. The minimum Gasteiger partial charge on any atom is -0.494 e. The van der Waals surface area contributed by atoms with Crippen molar-refractivity contribution in [3.05, 3.63) is 29.8 Å². The highest BCUT2D eigenvalue weighted by atomic mass is 16.5. The summed E-state index contributed by atoms with van der Waals surface area (Å²) >= 11 is 0. The summed E-state index contributed by atoms with van der Waals surface area (Å²) in [6.07, 6.45) is 3.87. The van der Waals surface area contributed by atoms with Gasteiger partial charge in [0, 0.05) is 19.2 Å². The smallest absolute Gasteiger partial charge is 0.119 e. The van der Waals surface area contributed by atoms with Gasteiger partial charge in [-0.15, -0.1) is 0 Å². The summed E-state index contributed by atoms with van der Waals surface area (Å²) in [6, 6.07) is 9.05. The summed E-state index contributed by atoms with van der Waals surface area (Å²) in [6.45, 7) is 9.05. The van der Waals surface area contributed by atoms with Gasteiger partial charge in [0.1, 0.15) is 5.75 Å². The van der Waals surface area contributed by atoms with Gasteiger partial charge in [-0.1, -0.05) is 26.0 Å². The van der Waals surface area contributed by atoms with Gasteiger partial charge >= 0.3 is 0 Å². The highest BCUT2D eigenvalue weighted by Crippen LogP contribution is 2.23. The summed E-state index contributed by atoms with van der Waals surface area (Å²) in [7, 11) is 0. The second-order valence-corrected chi connectivity index (χ2v) is 6.30. The Bertz CT molecular complexity index is 396. The molecular formula is C18H29NO2. The Kier molecular flexibility index (Phi) is 6.52. The molecule has 3 nitrogen and oxygen atoms in total. The number of ether oxygens (including phenoxy) is 2. The molecule has 0 unspecified atom stereocenters. The van der Waals surface area contributed by atoms with Gasteiger partial charge in [-0.05, 0) is 49.8 Å². The lowest BCUT2D eigenvalue weighted by Gasteiger charge is -2.35. The number of hydrogen-bond acceptors (Lipinski definition) is 3. The van der Waals surface area contributed by atoms with E-state index in [0.717, 1.165) is 44.8 Å². The summed E-state index contributed by atoms with van der Waals surface area (Å²) in [4.78, 5) is 0. The number of rotatable bonds is 9. The van der Waals surface area contributed by atoms with Crippen LogP contribution >= 0.6 is 0 Å². The molecule has 3 heteroatoms. The summed E-state index contributed by atoms with van der Waals surface area (Å²) in [5.41, 5.74) is 1.31. The molecule has 0 heterocycles. The third kappa shape index (κ3) is 5.68. The SMILES string of the molecule is CCOC1CC(NCc2ccc(OCCC(C)C)cc2)C1. The van der Waals surface area contributed by atoms with Crippen molar-refractivity contribution in [2.75, 3.05) is 13.2 Å². The Hall–Kier alpha value is -1.06. The first-order chi connectivity index (χ1) is 10.2. The third-order valence-electron chi connectivity index (χ3n) is 3.98. The summed E-state index contributed by atoms with van der Waals surface area (Å²) in [5.74, 6) is 1.66. The van der Waals surface area contributed by atoms with Crippen molar-refractivity contribution in [3.63, 3.8) is 0 Å². The van der Waals surface area contributed by atoms with E-state index in [0.29, 0.717) is 18.1 Å². The maximum atomic E-state index is 5.73. The zero-order chi connectivity index (χ0) is 15.1. The fraction of sp³-hybridized carbons (Fsp3) is 0.667. The van der Waals surface area contributed by atoms with E-state index in [-0.39, 0.29) is 0 Å². The van der Waals surface area contributed by atoms with Crippen LogP contribution in [0.1, 0.15) is 45.6 Å². The van der Waals surface area contributed by atoms with Crippen molar-refractivity contribution in [2.45, 2.75) is 58.7 Å². The normalized spacial score (nSPS) is 21.3. The van der Waals surface area contributed by atoms with E-state index >= 15 is 0 Å². The van der Waals surface area contributed by atoms with Gasteiger partial charge in [-0.3, -0.25) is 0 Å². The number of hydrogen-bond donors (Lipinski definition) is 1. The molecule has 0 aliphatic heterocycles. The molecule has 1 aromatic carbocycles. The topological polar surface area (TPSA) is 30.5 Å². The maximum Gasteiger partial charge on any atom is 0.119 e. The molecule has 0 bridgehead atoms. The van der Waals surface area contributed by atoms with E-state index in [9.17, 15) is 0 Å². The molecule has 1 aliphatic rings. The lowest BCUT2D eigenvalue weighted by molar-refractivity contribution is -0.0102. The van der Waals surface area contributed by atoms with Crippen LogP contribution in [0.25, 0.3) is 0 Å². The highest BCUT2D eigenvalue weighted by molar-refractivity contribution is 5.27. The third-order valence-corrected chi connectivity index (χ3v) is 3.98. The van der Waals surface area contributed by atoms with E-state index in [1.165, 1.54) is 5.56 Å². The summed E-state index contributed by atoms with van der Waals surface area (Å²) < 4.78 is 11.3. The zero-order valence-corrected chi connectivity index (χ0v) is 13.6. The molecule has 21 heavy (non-hydrogen) atoms. The van der Waals surface area contributed by atoms with Crippen LogP contribution in [0.5, 0.6) is 5.75 Å². The Morgan fingerprint density at radius 1 is 1.19 bits per heavy atom. The largest absolute Gasteiger partial charge is 0.494 e. The monoisotopic (exact) mass is 291 g/mol. The second-order valence-electron chi connectivity index (χ2n) is 6.30. The van der Waals surface area contributed by atoms with Crippen LogP contribution in [0, 0.1) is 5.92 Å². The minimum absolute atomic E-state index is 0.476. The predicted octanol–water partition coefficient (Wildman–Crippen LogP) is 3.77. The molecule has 118 valence electrons. The van der Waals surface area contributed by atoms with Gasteiger partial charge in [-0.2, -0.15) is 0 Å². The second kappa shape index (κ2) is 8.40. The first-order valence-electron chi connectivity index (χ1n) is 8.24. The van der Waals surface area contributed by atoms with E-state index in [1.54, 1.807) is 0 Å². The molecule has 1 fully saturated rings. The molecular weight excluding hydrogens is 262 g/mol. The van der Waals surface area contributed by atoms with Crippen molar-refractivity contribution in [1.29, 1.82) is 0 Å². The van der Waals surface area contributed by atoms with Crippen molar-refractivity contribution < 1.29 is 9.47 Å². The lowest BCUT2D eigenvalue weighted by Crippen LogP contribution is -2.45. The van der Waals surface area contributed by atoms with E-state index < -0.39 is 0 Å². The van der Waals surface area contributed by atoms with Crippen LogP contribution < -0.4 is 10.1 Å². The first kappa shape index (κ1) is 16.3.